The number of aromatic amines is 1. The summed E-state index contributed by atoms with van der Waals surface area (Å²) in [6.45, 7) is 3.42. The standard InChI is InChI=1S/C31H27Cl2F2N3O3/c1-17(32)31(20-8-12-25-22(15-20)27(39)16-29(41)37-25)36-18(2)26(14-19-6-4-3-5-7-19)38-28(40)13-9-21-24(34)11-10-23(33)30(21)35/h3-8,10-12,15-16,26H,9,13-14H2,1-2H3,(H,38,40)(H2,37,39,41)/b31-17+,36-18?/t26-/m0/s1. The second-order valence-electron chi connectivity index (χ2n) is 9.55. The molecule has 3 N–H and O–H groups in total. The Bertz CT molecular complexity index is 1720. The number of nitrogens with zero attached hydrogens (tertiary/aromatic N) is 1. The number of aromatic nitrogens is 1. The lowest BCUT2D eigenvalue weighted by atomic mass is 10.0. The number of allylic oxidation sites excluding steroid dienone is 1. The van der Waals surface area contributed by atoms with E-state index >= 15 is 0 Å². The normalized spacial score (nSPS) is 13.2. The van der Waals surface area contributed by atoms with Crippen molar-refractivity contribution in [3.63, 3.8) is 0 Å². The molecule has 0 saturated heterocycles. The smallest absolute Gasteiger partial charge is 0.252 e. The Morgan fingerprint density at radius 2 is 1.80 bits per heavy atom. The van der Waals surface area contributed by atoms with Gasteiger partial charge in [-0.1, -0.05) is 59.6 Å². The maximum atomic E-state index is 14.3. The summed E-state index contributed by atoms with van der Waals surface area (Å²) in [4.78, 5) is 32.1. The van der Waals surface area contributed by atoms with Crippen LogP contribution < -0.4 is 10.9 Å². The molecule has 0 bridgehead atoms. The quantitative estimate of drug-likeness (QED) is 0.144. The molecule has 6 nitrogen and oxygen atoms in total. The molecule has 0 saturated carbocycles. The van der Waals surface area contributed by atoms with Gasteiger partial charge in [0, 0.05) is 39.7 Å². The molecule has 1 aromatic heterocycles. The third kappa shape index (κ3) is 7.39. The van der Waals surface area contributed by atoms with Crippen LogP contribution in [0.1, 0.15) is 37.0 Å². The molecule has 0 aliphatic heterocycles. The van der Waals surface area contributed by atoms with Gasteiger partial charge in [-0.2, -0.15) is 0 Å². The molecule has 3 aromatic carbocycles. The molecule has 0 fully saturated rings. The molecule has 1 heterocycles. The molecule has 0 radical (unpaired) electrons. The molecule has 0 unspecified atom stereocenters. The zero-order valence-corrected chi connectivity index (χ0v) is 23.8. The number of H-pyrrole nitrogens is 1. The molecule has 1 amide bonds. The number of hydrogen-bond acceptors (Lipinski definition) is 4. The summed E-state index contributed by atoms with van der Waals surface area (Å²) in [6.07, 6.45) is 0.0508. The minimum Gasteiger partial charge on any atom is -0.507 e. The minimum atomic E-state index is -0.879. The van der Waals surface area contributed by atoms with Crippen molar-refractivity contribution in [1.82, 2.24) is 10.3 Å². The molecular weight excluding hydrogens is 571 g/mol. The SMILES string of the molecule is CC(=N/C(=C(\C)Cl)c1ccc2[nH]c(=O)cc(O)c2c1)[C@H](Cc1ccccc1)NC(=O)CCc1c(F)ccc(Cl)c1F. The second kappa shape index (κ2) is 13.1. The van der Waals surface area contributed by atoms with Crippen LogP contribution in [-0.4, -0.2) is 27.8 Å². The van der Waals surface area contributed by atoms with Gasteiger partial charge in [-0.25, -0.2) is 8.78 Å². The number of benzene rings is 3. The summed E-state index contributed by atoms with van der Waals surface area (Å²) in [5.74, 6) is -2.25. The van der Waals surface area contributed by atoms with Gasteiger partial charge in [0.2, 0.25) is 5.91 Å². The van der Waals surface area contributed by atoms with Gasteiger partial charge in [-0.3, -0.25) is 14.6 Å². The van der Waals surface area contributed by atoms with E-state index in [1.165, 1.54) is 0 Å². The number of pyridine rings is 1. The predicted octanol–water partition coefficient (Wildman–Crippen LogP) is 6.91. The number of nitrogens with one attached hydrogen (secondary N) is 2. The van der Waals surface area contributed by atoms with Gasteiger partial charge in [0.05, 0.1) is 22.3 Å². The Hall–Kier alpha value is -4.01. The minimum absolute atomic E-state index is 0.174. The zero-order valence-electron chi connectivity index (χ0n) is 22.3. The fourth-order valence-electron chi connectivity index (χ4n) is 4.43. The average molecular weight is 598 g/mol. The molecule has 0 aliphatic carbocycles. The maximum Gasteiger partial charge on any atom is 0.252 e. The molecule has 4 aromatic rings. The molecular formula is C31H27Cl2F2N3O3. The van der Waals surface area contributed by atoms with Crippen molar-refractivity contribution in [2.75, 3.05) is 0 Å². The van der Waals surface area contributed by atoms with Crippen LogP contribution in [0.25, 0.3) is 16.6 Å². The maximum absolute atomic E-state index is 14.3. The van der Waals surface area contributed by atoms with Crippen LogP contribution in [0.15, 0.2) is 81.5 Å². The zero-order chi connectivity index (χ0) is 29.7. The van der Waals surface area contributed by atoms with E-state index in [0.29, 0.717) is 39.3 Å². The first-order chi connectivity index (χ1) is 19.5. The first kappa shape index (κ1) is 30.0. The Balaban J connectivity index is 1.63. The monoisotopic (exact) mass is 597 g/mol. The van der Waals surface area contributed by atoms with Gasteiger partial charge < -0.3 is 15.4 Å². The molecule has 41 heavy (non-hydrogen) atoms. The Morgan fingerprint density at radius 3 is 2.51 bits per heavy atom. The van der Waals surface area contributed by atoms with Gasteiger partial charge in [0.25, 0.3) is 5.56 Å². The number of carbonyl (C=O) groups is 1. The number of hydrogen-bond donors (Lipinski definition) is 3. The van der Waals surface area contributed by atoms with Crippen LogP contribution in [0.2, 0.25) is 5.02 Å². The molecule has 1 atom stereocenters. The lowest BCUT2D eigenvalue weighted by Gasteiger charge is -2.20. The molecule has 212 valence electrons. The highest BCUT2D eigenvalue weighted by Gasteiger charge is 2.20. The Morgan fingerprint density at radius 1 is 1.07 bits per heavy atom. The van der Waals surface area contributed by atoms with Gasteiger partial charge in [-0.15, -0.1) is 0 Å². The van der Waals surface area contributed by atoms with E-state index in [-0.39, 0.29) is 29.2 Å². The van der Waals surface area contributed by atoms with Crippen molar-refractivity contribution < 1.29 is 18.7 Å². The first-order valence-electron chi connectivity index (χ1n) is 12.8. The van der Waals surface area contributed by atoms with E-state index in [2.05, 4.69) is 10.3 Å². The molecule has 10 heteroatoms. The van der Waals surface area contributed by atoms with E-state index in [9.17, 15) is 23.5 Å². The third-order valence-corrected chi connectivity index (χ3v) is 7.04. The largest absolute Gasteiger partial charge is 0.507 e. The lowest BCUT2D eigenvalue weighted by molar-refractivity contribution is -0.121. The van der Waals surface area contributed by atoms with Crippen LogP contribution in [-0.2, 0) is 17.6 Å². The fourth-order valence-corrected chi connectivity index (χ4v) is 4.76. The number of halogens is 4. The van der Waals surface area contributed by atoms with Crippen LogP contribution in [0, 0.1) is 11.6 Å². The summed E-state index contributed by atoms with van der Waals surface area (Å²) >= 11 is 12.2. The fraction of sp³-hybridized carbons (Fsp3) is 0.194. The average Bonchev–Trinajstić information content (AvgIpc) is 2.93. The van der Waals surface area contributed by atoms with Crippen molar-refractivity contribution in [3.05, 3.63) is 115 Å². The van der Waals surface area contributed by atoms with Gasteiger partial charge in [0.15, 0.2) is 0 Å². The van der Waals surface area contributed by atoms with Gasteiger partial charge in [0.1, 0.15) is 17.4 Å². The van der Waals surface area contributed by atoms with Crippen molar-refractivity contribution in [2.45, 2.75) is 39.2 Å². The van der Waals surface area contributed by atoms with Gasteiger partial charge >= 0.3 is 0 Å². The van der Waals surface area contributed by atoms with E-state index in [4.69, 9.17) is 28.2 Å². The van der Waals surface area contributed by atoms with Crippen molar-refractivity contribution in [1.29, 1.82) is 0 Å². The summed E-state index contributed by atoms with van der Waals surface area (Å²) in [7, 11) is 0. The lowest BCUT2D eigenvalue weighted by Crippen LogP contribution is -2.41. The number of carbonyl (C=O) groups excluding carboxylic acids is 1. The Labute approximate surface area is 245 Å². The Kier molecular flexibility index (Phi) is 9.57. The number of fused-ring (bicyclic) bond motifs is 1. The summed E-state index contributed by atoms with van der Waals surface area (Å²) < 4.78 is 28.5. The summed E-state index contributed by atoms with van der Waals surface area (Å²) in [5.41, 5.74) is 2.24. The topological polar surface area (TPSA) is 94.6 Å². The highest BCUT2D eigenvalue weighted by Crippen LogP contribution is 2.29. The first-order valence-corrected chi connectivity index (χ1v) is 13.5. The third-order valence-electron chi connectivity index (χ3n) is 6.57. The van der Waals surface area contributed by atoms with E-state index in [0.717, 1.165) is 23.8 Å². The number of aliphatic imine (C=N–C) groups is 1. The highest BCUT2D eigenvalue weighted by atomic mass is 35.5. The van der Waals surface area contributed by atoms with Gasteiger partial charge in [-0.05, 0) is 56.5 Å². The number of amides is 1. The highest BCUT2D eigenvalue weighted by molar-refractivity contribution is 6.32. The van der Waals surface area contributed by atoms with Crippen molar-refractivity contribution in [3.8, 4) is 5.75 Å². The van der Waals surface area contributed by atoms with E-state index < -0.39 is 29.1 Å². The molecule has 0 spiro atoms. The number of aromatic hydroxyl groups is 1. The van der Waals surface area contributed by atoms with Crippen molar-refractivity contribution in [2.24, 2.45) is 4.99 Å². The number of rotatable bonds is 9. The molecule has 4 rings (SSSR count). The van der Waals surface area contributed by atoms with Crippen LogP contribution in [0.4, 0.5) is 8.78 Å². The van der Waals surface area contributed by atoms with Crippen LogP contribution >= 0.6 is 23.2 Å². The summed E-state index contributed by atoms with van der Waals surface area (Å²) in [5, 5.41) is 13.8. The van der Waals surface area contributed by atoms with Crippen molar-refractivity contribution >= 4 is 51.4 Å². The van der Waals surface area contributed by atoms with E-state index in [1.807, 2.05) is 30.3 Å². The predicted molar refractivity (Wildman–Crippen MR) is 160 cm³/mol. The van der Waals surface area contributed by atoms with E-state index in [1.54, 1.807) is 32.0 Å². The molecule has 0 aliphatic rings. The second-order valence-corrected chi connectivity index (χ2v) is 10.5. The van der Waals surface area contributed by atoms with Crippen LogP contribution in [0.3, 0.4) is 0 Å². The van der Waals surface area contributed by atoms with Crippen LogP contribution in [0.5, 0.6) is 5.75 Å². The summed E-state index contributed by atoms with van der Waals surface area (Å²) in [6, 6.07) is 17.2.